The van der Waals surface area contributed by atoms with Gasteiger partial charge in [0.1, 0.15) is 10.6 Å². The molecule has 0 aliphatic heterocycles. The lowest BCUT2D eigenvalue weighted by Gasteiger charge is -2.11. The van der Waals surface area contributed by atoms with Crippen molar-refractivity contribution in [1.29, 1.82) is 0 Å². The predicted molar refractivity (Wildman–Crippen MR) is 64.0 cm³/mol. The normalized spacial score (nSPS) is 17.8. The number of methoxy groups -OCH3 is 1. The van der Waals surface area contributed by atoms with E-state index in [9.17, 15) is 13.5 Å². The lowest BCUT2D eigenvalue weighted by molar-refractivity contribution is 0.151. The average molecular weight is 256 g/mol. The Kier molecular flexibility index (Phi) is 2.91. The van der Waals surface area contributed by atoms with Gasteiger partial charge < -0.3 is 9.84 Å². The molecule has 1 aliphatic carbocycles. The van der Waals surface area contributed by atoms with E-state index >= 15 is 0 Å². The molecule has 1 fully saturated rings. The highest BCUT2D eigenvalue weighted by Crippen LogP contribution is 2.39. The van der Waals surface area contributed by atoms with Crippen molar-refractivity contribution >= 4 is 9.84 Å². The largest absolute Gasteiger partial charge is 0.495 e. The molecule has 17 heavy (non-hydrogen) atoms. The summed E-state index contributed by atoms with van der Waals surface area (Å²) in [6, 6.07) is 4.96. The second-order valence-corrected chi connectivity index (χ2v) is 6.64. The number of sulfone groups is 1. The highest BCUT2D eigenvalue weighted by atomic mass is 32.2. The summed E-state index contributed by atoms with van der Waals surface area (Å²) in [6.45, 7) is 0. The molecule has 94 valence electrons. The molecule has 5 heteroatoms. The van der Waals surface area contributed by atoms with E-state index < -0.39 is 15.4 Å². The summed E-state index contributed by atoms with van der Waals surface area (Å²) in [7, 11) is -1.83. The van der Waals surface area contributed by atoms with E-state index in [1.165, 1.54) is 13.2 Å². The van der Waals surface area contributed by atoms with E-state index in [-0.39, 0.29) is 4.90 Å². The summed E-state index contributed by atoms with van der Waals surface area (Å²) >= 11 is 0. The van der Waals surface area contributed by atoms with E-state index in [1.807, 2.05) is 0 Å². The summed E-state index contributed by atoms with van der Waals surface area (Å²) < 4.78 is 28.1. The van der Waals surface area contributed by atoms with Crippen LogP contribution in [-0.2, 0) is 16.3 Å². The Labute approximate surface area is 101 Å². The van der Waals surface area contributed by atoms with Crippen LogP contribution in [0.25, 0.3) is 0 Å². The van der Waals surface area contributed by atoms with Crippen LogP contribution >= 0.6 is 0 Å². The van der Waals surface area contributed by atoms with Gasteiger partial charge in [-0.25, -0.2) is 8.42 Å². The molecule has 4 nitrogen and oxygen atoms in total. The van der Waals surface area contributed by atoms with Crippen molar-refractivity contribution < 1.29 is 18.3 Å². The third-order valence-electron chi connectivity index (χ3n) is 2.99. The Morgan fingerprint density at radius 3 is 2.53 bits per heavy atom. The zero-order valence-corrected chi connectivity index (χ0v) is 10.8. The van der Waals surface area contributed by atoms with E-state index in [4.69, 9.17) is 4.74 Å². The zero-order chi connectivity index (χ0) is 12.7. The molecule has 0 spiro atoms. The predicted octanol–water partition coefficient (Wildman–Crippen LogP) is 1.17. The molecule has 1 N–H and O–H groups in total. The van der Waals surface area contributed by atoms with E-state index in [0.29, 0.717) is 12.2 Å². The van der Waals surface area contributed by atoms with E-state index in [2.05, 4.69) is 0 Å². The van der Waals surface area contributed by atoms with E-state index in [0.717, 1.165) is 24.7 Å². The monoisotopic (exact) mass is 256 g/mol. The van der Waals surface area contributed by atoms with Crippen molar-refractivity contribution in [3.8, 4) is 5.75 Å². The second-order valence-electron chi connectivity index (χ2n) is 4.66. The van der Waals surface area contributed by atoms with Crippen molar-refractivity contribution in [1.82, 2.24) is 0 Å². The molecule has 0 unspecified atom stereocenters. The van der Waals surface area contributed by atoms with Crippen LogP contribution in [0.2, 0.25) is 0 Å². The Bertz CT molecular complexity index is 529. The molecule has 0 saturated heterocycles. The standard InChI is InChI=1S/C12H16O4S/c1-16-10-7-9(8-12(13)5-6-12)3-4-11(10)17(2,14)15/h3-4,7,13H,5-6,8H2,1-2H3. The van der Waals surface area contributed by atoms with Gasteiger partial charge >= 0.3 is 0 Å². The Morgan fingerprint density at radius 1 is 1.41 bits per heavy atom. The zero-order valence-electron chi connectivity index (χ0n) is 9.93. The molecule has 0 heterocycles. The maximum absolute atomic E-state index is 11.5. The van der Waals surface area contributed by atoms with Gasteiger partial charge in [-0.2, -0.15) is 0 Å². The summed E-state index contributed by atoms with van der Waals surface area (Å²) in [5.41, 5.74) is 0.312. The van der Waals surface area contributed by atoms with Crippen molar-refractivity contribution in [3.05, 3.63) is 23.8 Å². The lowest BCUT2D eigenvalue weighted by Crippen LogP contribution is -2.11. The van der Waals surface area contributed by atoms with Gasteiger partial charge in [-0.1, -0.05) is 6.07 Å². The van der Waals surface area contributed by atoms with Crippen LogP contribution in [0.5, 0.6) is 5.75 Å². The molecular formula is C12H16O4S. The SMILES string of the molecule is COc1cc(CC2(O)CC2)ccc1S(C)(=O)=O. The maximum Gasteiger partial charge on any atom is 0.179 e. The quantitative estimate of drug-likeness (QED) is 0.878. The summed E-state index contributed by atoms with van der Waals surface area (Å²) in [5, 5.41) is 9.82. The fourth-order valence-corrected chi connectivity index (χ4v) is 2.65. The minimum Gasteiger partial charge on any atom is -0.495 e. The number of aliphatic hydroxyl groups is 1. The fraction of sp³-hybridized carbons (Fsp3) is 0.500. The lowest BCUT2D eigenvalue weighted by atomic mass is 10.1. The van der Waals surface area contributed by atoms with Gasteiger partial charge in [-0.3, -0.25) is 0 Å². The molecule has 0 atom stereocenters. The first-order valence-electron chi connectivity index (χ1n) is 5.43. The van der Waals surface area contributed by atoms with E-state index in [1.54, 1.807) is 12.1 Å². The summed E-state index contributed by atoms with van der Waals surface area (Å²) in [6.07, 6.45) is 3.32. The van der Waals surface area contributed by atoms with Crippen molar-refractivity contribution in [3.63, 3.8) is 0 Å². The number of ether oxygens (including phenoxy) is 1. The van der Waals surface area contributed by atoms with Crippen molar-refractivity contribution in [2.24, 2.45) is 0 Å². The van der Waals surface area contributed by atoms with Crippen molar-refractivity contribution in [2.75, 3.05) is 13.4 Å². The topological polar surface area (TPSA) is 63.6 Å². The number of rotatable bonds is 4. The van der Waals surface area contributed by atoms with Crippen LogP contribution in [0.15, 0.2) is 23.1 Å². The van der Waals surface area contributed by atoms with Crippen molar-refractivity contribution in [2.45, 2.75) is 29.8 Å². The van der Waals surface area contributed by atoms with Crippen LogP contribution in [0.4, 0.5) is 0 Å². The van der Waals surface area contributed by atoms with Crippen LogP contribution in [-0.4, -0.2) is 32.5 Å². The highest BCUT2D eigenvalue weighted by Gasteiger charge is 2.40. The van der Waals surface area contributed by atoms with Crippen LogP contribution < -0.4 is 4.74 Å². The van der Waals surface area contributed by atoms with Gasteiger partial charge in [-0.15, -0.1) is 0 Å². The van der Waals surface area contributed by atoms with Crippen LogP contribution in [0.3, 0.4) is 0 Å². The minimum absolute atomic E-state index is 0.187. The number of hydrogen-bond acceptors (Lipinski definition) is 4. The first kappa shape index (κ1) is 12.4. The molecule has 0 aromatic heterocycles. The third-order valence-corrected chi connectivity index (χ3v) is 4.12. The minimum atomic E-state index is -3.28. The maximum atomic E-state index is 11.5. The molecule has 1 aromatic rings. The molecule has 0 amide bonds. The molecule has 2 rings (SSSR count). The summed E-state index contributed by atoms with van der Waals surface area (Å²) in [4.78, 5) is 0.187. The fourth-order valence-electron chi connectivity index (χ4n) is 1.83. The smallest absolute Gasteiger partial charge is 0.179 e. The van der Waals surface area contributed by atoms with Gasteiger partial charge in [0.05, 0.1) is 12.7 Å². The van der Waals surface area contributed by atoms with Gasteiger partial charge in [0.15, 0.2) is 9.84 Å². The molecule has 0 bridgehead atoms. The Morgan fingerprint density at radius 2 is 2.06 bits per heavy atom. The molecular weight excluding hydrogens is 240 g/mol. The molecule has 1 aromatic carbocycles. The first-order valence-corrected chi connectivity index (χ1v) is 7.33. The van der Waals surface area contributed by atoms with Gasteiger partial charge in [0.25, 0.3) is 0 Å². The number of hydrogen-bond donors (Lipinski definition) is 1. The first-order chi connectivity index (χ1) is 7.84. The third kappa shape index (κ3) is 2.79. The van der Waals surface area contributed by atoms with Crippen LogP contribution in [0, 0.1) is 0 Å². The number of benzene rings is 1. The highest BCUT2D eigenvalue weighted by molar-refractivity contribution is 7.90. The van der Waals surface area contributed by atoms with Gasteiger partial charge in [0, 0.05) is 12.7 Å². The van der Waals surface area contributed by atoms with Crippen LogP contribution in [0.1, 0.15) is 18.4 Å². The summed E-state index contributed by atoms with van der Waals surface area (Å²) in [5.74, 6) is 0.342. The molecule has 0 radical (unpaired) electrons. The van der Waals surface area contributed by atoms with Gasteiger partial charge in [-0.05, 0) is 30.5 Å². The average Bonchev–Trinajstić information content (AvgIpc) is 2.94. The molecule has 1 aliphatic rings. The Balaban J connectivity index is 2.34. The second kappa shape index (κ2) is 3.99. The van der Waals surface area contributed by atoms with Gasteiger partial charge in [0.2, 0.25) is 0 Å². The Hall–Kier alpha value is -1.07. The molecule has 1 saturated carbocycles.